The molecule has 190 valence electrons. The van der Waals surface area contributed by atoms with Gasteiger partial charge in [0.1, 0.15) is 17.5 Å². The lowest BCUT2D eigenvalue weighted by Gasteiger charge is -2.11. The van der Waals surface area contributed by atoms with Crippen molar-refractivity contribution in [3.05, 3.63) is 72.7 Å². The fourth-order valence-electron chi connectivity index (χ4n) is 5.51. The summed E-state index contributed by atoms with van der Waals surface area (Å²) in [5.41, 5.74) is 7.69. The lowest BCUT2D eigenvalue weighted by molar-refractivity contribution is 0.489. The fraction of sp³-hybridized carbons (Fsp3) is 0.276. The van der Waals surface area contributed by atoms with E-state index in [1.54, 1.807) is 12.5 Å². The van der Waals surface area contributed by atoms with E-state index >= 15 is 0 Å². The summed E-state index contributed by atoms with van der Waals surface area (Å²) in [6, 6.07) is 10.5. The summed E-state index contributed by atoms with van der Waals surface area (Å²) in [5.74, 6) is 2.25. The number of H-pyrrole nitrogens is 2. The van der Waals surface area contributed by atoms with E-state index in [0.717, 1.165) is 69.3 Å². The van der Waals surface area contributed by atoms with Crippen LogP contribution in [-0.4, -0.2) is 46.2 Å². The number of fused-ring (bicyclic) bond motifs is 2. The van der Waals surface area contributed by atoms with Crippen LogP contribution in [0.2, 0.25) is 0 Å². The highest BCUT2D eigenvalue weighted by Crippen LogP contribution is 2.31. The molecule has 0 bridgehead atoms. The van der Waals surface area contributed by atoms with Crippen molar-refractivity contribution in [3.8, 4) is 28.5 Å². The molecule has 3 N–H and O–H groups in total. The Kier molecular flexibility index (Phi) is 5.70. The summed E-state index contributed by atoms with van der Waals surface area (Å²) in [7, 11) is 0. The smallest absolute Gasteiger partial charge is 0.166 e. The van der Waals surface area contributed by atoms with Gasteiger partial charge in [-0.05, 0) is 67.6 Å². The van der Waals surface area contributed by atoms with E-state index in [-0.39, 0.29) is 0 Å². The molecule has 1 aliphatic carbocycles. The maximum Gasteiger partial charge on any atom is 0.166 e. The minimum atomic E-state index is 0.692. The van der Waals surface area contributed by atoms with E-state index in [1.807, 2.05) is 36.1 Å². The van der Waals surface area contributed by atoms with Gasteiger partial charge in [0, 0.05) is 42.3 Å². The van der Waals surface area contributed by atoms with Crippen LogP contribution in [0.4, 0.5) is 0 Å². The second-order valence-electron chi connectivity index (χ2n) is 10.2. The van der Waals surface area contributed by atoms with Gasteiger partial charge in [-0.25, -0.2) is 15.0 Å². The van der Waals surface area contributed by atoms with Crippen LogP contribution < -0.4 is 5.32 Å². The molecule has 0 unspecified atom stereocenters. The summed E-state index contributed by atoms with van der Waals surface area (Å²) in [5, 5.41) is 12.4. The van der Waals surface area contributed by atoms with Gasteiger partial charge in [0.05, 0.1) is 16.7 Å². The molecule has 9 nitrogen and oxygen atoms in total. The highest BCUT2D eigenvalue weighted by Gasteiger charge is 2.17. The molecule has 1 saturated carbocycles. The molecule has 0 atom stereocenters. The molecule has 1 aliphatic rings. The number of imidazole rings is 2. The van der Waals surface area contributed by atoms with Gasteiger partial charge in [0.25, 0.3) is 0 Å². The first kappa shape index (κ1) is 22.8. The van der Waals surface area contributed by atoms with E-state index < -0.39 is 0 Å². The number of hydrogen-bond acceptors (Lipinski definition) is 6. The van der Waals surface area contributed by atoms with Crippen LogP contribution >= 0.6 is 0 Å². The minimum absolute atomic E-state index is 0.692. The third-order valence-electron chi connectivity index (χ3n) is 7.49. The Labute approximate surface area is 219 Å². The summed E-state index contributed by atoms with van der Waals surface area (Å²) >= 11 is 0. The zero-order valence-corrected chi connectivity index (χ0v) is 21.3. The standard InChI is InChI=1S/C29H29N9/c1-18-16-38(17-33-18)29-27-25(8-9-32-29)34-28(35-27)26-23-11-21(6-7-24(23)36-37-26)22-10-20(14-31-15-22)13-30-12-19-4-2-3-5-19/h6-11,14-17,19,30H,2-5,12-13H2,1H3,(H,34,35)(H,36,37). The number of pyridine rings is 2. The molecule has 1 aromatic carbocycles. The van der Waals surface area contributed by atoms with Gasteiger partial charge in [-0.3, -0.25) is 14.6 Å². The van der Waals surface area contributed by atoms with E-state index in [9.17, 15) is 0 Å². The average molecular weight is 504 g/mol. The molecule has 0 amide bonds. The number of aromatic amines is 2. The lowest BCUT2D eigenvalue weighted by Crippen LogP contribution is -2.20. The highest BCUT2D eigenvalue weighted by molar-refractivity contribution is 5.96. The second kappa shape index (κ2) is 9.50. The third-order valence-corrected chi connectivity index (χ3v) is 7.49. The van der Waals surface area contributed by atoms with E-state index in [1.165, 1.54) is 31.2 Å². The summed E-state index contributed by atoms with van der Waals surface area (Å²) < 4.78 is 1.89. The molecule has 5 heterocycles. The zero-order valence-electron chi connectivity index (χ0n) is 21.3. The Morgan fingerprint density at radius 3 is 2.82 bits per heavy atom. The van der Waals surface area contributed by atoms with Gasteiger partial charge in [0.15, 0.2) is 11.6 Å². The Morgan fingerprint density at radius 2 is 1.95 bits per heavy atom. The average Bonchev–Trinajstić information content (AvgIpc) is 3.74. The van der Waals surface area contributed by atoms with Gasteiger partial charge in [-0.2, -0.15) is 5.10 Å². The van der Waals surface area contributed by atoms with Gasteiger partial charge in [0.2, 0.25) is 0 Å². The van der Waals surface area contributed by atoms with E-state index in [0.29, 0.717) is 5.82 Å². The minimum Gasteiger partial charge on any atom is -0.336 e. The van der Waals surface area contributed by atoms with Crippen LogP contribution in [0, 0.1) is 12.8 Å². The first-order chi connectivity index (χ1) is 18.7. The van der Waals surface area contributed by atoms with Crippen LogP contribution in [0.25, 0.3) is 50.4 Å². The van der Waals surface area contributed by atoms with Crippen LogP contribution in [0.5, 0.6) is 0 Å². The topological polar surface area (TPSA) is 113 Å². The molecule has 9 heteroatoms. The number of aromatic nitrogens is 8. The molecular formula is C29H29N9. The lowest BCUT2D eigenvalue weighted by atomic mass is 10.0. The van der Waals surface area contributed by atoms with Crippen molar-refractivity contribution in [2.45, 2.75) is 39.2 Å². The first-order valence-corrected chi connectivity index (χ1v) is 13.2. The predicted octanol–water partition coefficient (Wildman–Crippen LogP) is 5.34. The SMILES string of the molecule is Cc1cn(-c2nccc3[nH]c(-c4n[nH]c5ccc(-c6cncc(CNCC7CCCC7)c6)cc45)nc23)cn1. The van der Waals surface area contributed by atoms with Crippen molar-refractivity contribution < 1.29 is 0 Å². The second-order valence-corrected chi connectivity index (χ2v) is 10.2. The Balaban J connectivity index is 1.20. The third kappa shape index (κ3) is 4.24. The van der Waals surface area contributed by atoms with Crippen LogP contribution in [0.15, 0.2) is 61.4 Å². The van der Waals surface area contributed by atoms with Gasteiger partial charge < -0.3 is 10.3 Å². The number of nitrogens with one attached hydrogen (secondary N) is 3. The molecule has 0 radical (unpaired) electrons. The number of rotatable bonds is 7. The molecule has 7 rings (SSSR count). The number of benzene rings is 1. The molecule has 5 aromatic heterocycles. The van der Waals surface area contributed by atoms with E-state index in [2.05, 4.69) is 59.7 Å². The molecule has 38 heavy (non-hydrogen) atoms. The number of hydrogen-bond donors (Lipinski definition) is 3. The van der Waals surface area contributed by atoms with Crippen LogP contribution in [0.1, 0.15) is 36.9 Å². The van der Waals surface area contributed by atoms with Crippen molar-refractivity contribution >= 4 is 21.9 Å². The molecule has 1 fully saturated rings. The normalized spacial score (nSPS) is 14.2. The van der Waals surface area contributed by atoms with Gasteiger partial charge in [-0.15, -0.1) is 0 Å². The van der Waals surface area contributed by atoms with Crippen molar-refractivity contribution in [2.75, 3.05) is 6.54 Å². The monoisotopic (exact) mass is 503 g/mol. The van der Waals surface area contributed by atoms with Crippen molar-refractivity contribution in [2.24, 2.45) is 5.92 Å². The van der Waals surface area contributed by atoms with Crippen molar-refractivity contribution in [1.82, 2.24) is 45.0 Å². The Bertz CT molecular complexity index is 1740. The zero-order chi connectivity index (χ0) is 25.5. The highest BCUT2D eigenvalue weighted by atomic mass is 15.2. The van der Waals surface area contributed by atoms with Gasteiger partial charge >= 0.3 is 0 Å². The van der Waals surface area contributed by atoms with Crippen LogP contribution in [-0.2, 0) is 6.54 Å². The molecule has 6 aromatic rings. The number of aryl methyl sites for hydroxylation is 1. The Morgan fingerprint density at radius 1 is 1.03 bits per heavy atom. The molecule has 0 saturated heterocycles. The van der Waals surface area contributed by atoms with Crippen molar-refractivity contribution in [3.63, 3.8) is 0 Å². The van der Waals surface area contributed by atoms with Gasteiger partial charge in [-0.1, -0.05) is 18.9 Å². The first-order valence-electron chi connectivity index (χ1n) is 13.2. The largest absolute Gasteiger partial charge is 0.336 e. The summed E-state index contributed by atoms with van der Waals surface area (Å²) in [4.78, 5) is 21.8. The Hall–Kier alpha value is -4.37. The fourth-order valence-corrected chi connectivity index (χ4v) is 5.51. The maximum absolute atomic E-state index is 4.90. The van der Waals surface area contributed by atoms with Crippen molar-refractivity contribution in [1.29, 1.82) is 0 Å². The maximum atomic E-state index is 4.90. The summed E-state index contributed by atoms with van der Waals surface area (Å²) in [6.45, 7) is 3.88. The quantitative estimate of drug-likeness (QED) is 0.271. The molecular weight excluding hydrogens is 474 g/mol. The van der Waals surface area contributed by atoms with Crippen LogP contribution in [0.3, 0.4) is 0 Å². The predicted molar refractivity (Wildman–Crippen MR) is 148 cm³/mol. The number of nitrogens with zero attached hydrogens (tertiary/aromatic N) is 6. The summed E-state index contributed by atoms with van der Waals surface area (Å²) in [6.07, 6.45) is 14.8. The molecule has 0 aliphatic heterocycles. The van der Waals surface area contributed by atoms with E-state index in [4.69, 9.17) is 4.98 Å². The molecule has 0 spiro atoms.